The largest absolute Gasteiger partial charge is 0.383 e. The molecule has 23 heavy (non-hydrogen) atoms. The van der Waals surface area contributed by atoms with Crippen molar-refractivity contribution in [3.05, 3.63) is 42.0 Å². The molecule has 0 radical (unpaired) electrons. The van der Waals surface area contributed by atoms with Gasteiger partial charge in [0.25, 0.3) is 0 Å². The van der Waals surface area contributed by atoms with E-state index in [1.807, 2.05) is 24.5 Å². The van der Waals surface area contributed by atoms with Gasteiger partial charge in [0, 0.05) is 45.1 Å². The van der Waals surface area contributed by atoms with Crippen LogP contribution in [0, 0.1) is 5.41 Å². The number of hydrogen-bond donors (Lipinski definition) is 2. The molecule has 120 valence electrons. The van der Waals surface area contributed by atoms with Gasteiger partial charge >= 0.3 is 0 Å². The van der Waals surface area contributed by atoms with Gasteiger partial charge in [-0.15, -0.1) is 0 Å². The van der Waals surface area contributed by atoms with Crippen LogP contribution >= 0.6 is 15.9 Å². The van der Waals surface area contributed by atoms with Crippen LogP contribution < -0.4 is 10.6 Å². The third-order valence-corrected chi connectivity index (χ3v) is 4.30. The Hall–Kier alpha value is -2.06. The maximum atomic E-state index is 7.84. The second-order valence-corrected chi connectivity index (χ2v) is 6.18. The molecule has 0 atom stereocenters. The molecule has 3 N–H and O–H groups in total. The summed E-state index contributed by atoms with van der Waals surface area (Å²) < 4.78 is 0.213. The molecule has 0 aromatic carbocycles. The fourth-order valence-corrected chi connectivity index (χ4v) is 3.08. The Morgan fingerprint density at radius 3 is 2.52 bits per heavy atom. The maximum absolute atomic E-state index is 7.84. The Labute approximate surface area is 143 Å². The van der Waals surface area contributed by atoms with E-state index in [1.165, 1.54) is 11.9 Å². The van der Waals surface area contributed by atoms with E-state index in [2.05, 4.69) is 40.7 Å². The number of nitrogens with zero attached hydrogens (tertiary/aromatic N) is 5. The van der Waals surface area contributed by atoms with Gasteiger partial charge in [0.2, 0.25) is 0 Å². The summed E-state index contributed by atoms with van der Waals surface area (Å²) in [5.74, 6) is 1.05. The molecule has 0 spiro atoms. The summed E-state index contributed by atoms with van der Waals surface area (Å²) in [4.78, 5) is 16.9. The predicted octanol–water partition coefficient (Wildman–Crippen LogP) is 1.50. The van der Waals surface area contributed by atoms with Gasteiger partial charge in [-0.1, -0.05) is 0 Å². The lowest BCUT2D eigenvalue weighted by atomic mass is 10.2. The number of nitrogen functional groups attached to an aromatic ring is 1. The monoisotopic (exact) mass is 375 g/mol. The molecular weight excluding hydrogens is 358 g/mol. The van der Waals surface area contributed by atoms with Crippen molar-refractivity contribution in [1.82, 2.24) is 19.9 Å². The van der Waals surface area contributed by atoms with Crippen molar-refractivity contribution in [3.63, 3.8) is 0 Å². The third-order valence-electron chi connectivity index (χ3n) is 3.90. The highest BCUT2D eigenvalue weighted by molar-refractivity contribution is 9.18. The lowest BCUT2D eigenvalue weighted by Crippen LogP contribution is -2.46. The molecule has 3 heterocycles. The first-order valence-electron chi connectivity index (χ1n) is 7.36. The number of halogens is 1. The number of anilines is 2. The first kappa shape index (κ1) is 15.8. The number of hydrogen-bond acceptors (Lipinski definition) is 7. The van der Waals surface area contributed by atoms with Crippen LogP contribution in [0.5, 0.6) is 0 Å². The van der Waals surface area contributed by atoms with E-state index in [-0.39, 0.29) is 4.62 Å². The average molecular weight is 376 g/mol. The molecule has 0 saturated carbocycles. The average Bonchev–Trinajstić information content (AvgIpc) is 2.56. The van der Waals surface area contributed by atoms with E-state index in [4.69, 9.17) is 11.1 Å². The van der Waals surface area contributed by atoms with Crippen molar-refractivity contribution < 1.29 is 0 Å². The van der Waals surface area contributed by atoms with Crippen LogP contribution in [0.2, 0.25) is 0 Å². The molecule has 2 aromatic heterocycles. The lowest BCUT2D eigenvalue weighted by molar-refractivity contribution is 0.249. The number of pyridine rings is 1. The van der Waals surface area contributed by atoms with Gasteiger partial charge in [-0.3, -0.25) is 15.3 Å². The molecular formula is C15H18BrN7. The van der Waals surface area contributed by atoms with Crippen LogP contribution in [0.15, 0.2) is 30.9 Å². The van der Waals surface area contributed by atoms with Crippen LogP contribution in [-0.4, -0.2) is 50.7 Å². The highest BCUT2D eigenvalue weighted by Crippen LogP contribution is 2.25. The molecule has 2 aromatic rings. The molecule has 1 aliphatic rings. The molecule has 0 aliphatic carbocycles. The van der Waals surface area contributed by atoms with Crippen LogP contribution in [0.1, 0.15) is 11.1 Å². The molecule has 3 rings (SSSR count). The summed E-state index contributed by atoms with van der Waals surface area (Å²) >= 11 is 3.19. The van der Waals surface area contributed by atoms with Crippen molar-refractivity contribution in [3.8, 4) is 0 Å². The summed E-state index contributed by atoms with van der Waals surface area (Å²) in [6.07, 6.45) is 5.10. The highest BCUT2D eigenvalue weighted by atomic mass is 79.9. The first-order chi connectivity index (χ1) is 11.1. The van der Waals surface area contributed by atoms with E-state index in [1.54, 1.807) is 0 Å². The molecule has 8 heteroatoms. The molecule has 7 nitrogen and oxygen atoms in total. The highest BCUT2D eigenvalue weighted by Gasteiger charge is 2.23. The van der Waals surface area contributed by atoms with Crippen LogP contribution in [0.3, 0.4) is 0 Å². The maximum Gasteiger partial charge on any atom is 0.144 e. The molecule has 1 saturated heterocycles. The second kappa shape index (κ2) is 7.01. The van der Waals surface area contributed by atoms with Crippen molar-refractivity contribution in [2.75, 3.05) is 36.8 Å². The van der Waals surface area contributed by atoms with Gasteiger partial charge in [0.1, 0.15) is 22.6 Å². The summed E-state index contributed by atoms with van der Waals surface area (Å²) in [5, 5.41) is 7.84. The summed E-state index contributed by atoms with van der Waals surface area (Å²) in [6, 6.07) is 4.09. The Kier molecular flexibility index (Phi) is 4.82. The Balaban J connectivity index is 1.68. The van der Waals surface area contributed by atoms with Gasteiger partial charge in [0.15, 0.2) is 0 Å². The van der Waals surface area contributed by atoms with E-state index >= 15 is 0 Å². The summed E-state index contributed by atoms with van der Waals surface area (Å²) in [5.41, 5.74) is 7.72. The van der Waals surface area contributed by atoms with Crippen LogP contribution in [-0.2, 0) is 6.54 Å². The Morgan fingerprint density at radius 1 is 1.17 bits per heavy atom. The van der Waals surface area contributed by atoms with Crippen molar-refractivity contribution in [1.29, 1.82) is 5.41 Å². The SMILES string of the molecule is N=C(Br)c1c(N)ncnc1N1CCN(Cc2ccncc2)CC1. The predicted molar refractivity (Wildman–Crippen MR) is 93.9 cm³/mol. The third kappa shape index (κ3) is 3.65. The van der Waals surface area contributed by atoms with Crippen molar-refractivity contribution in [2.45, 2.75) is 6.54 Å². The summed E-state index contributed by atoms with van der Waals surface area (Å²) in [7, 11) is 0. The molecule has 0 unspecified atom stereocenters. The number of nitrogens with two attached hydrogens (primary N) is 1. The van der Waals surface area contributed by atoms with E-state index in [0.29, 0.717) is 11.4 Å². The molecule has 1 fully saturated rings. The van der Waals surface area contributed by atoms with Crippen molar-refractivity contribution in [2.24, 2.45) is 0 Å². The van der Waals surface area contributed by atoms with Crippen LogP contribution in [0.4, 0.5) is 11.6 Å². The Bertz CT molecular complexity index is 683. The minimum absolute atomic E-state index is 0.213. The molecule has 0 amide bonds. The zero-order chi connectivity index (χ0) is 16.2. The molecule has 0 bridgehead atoms. The second-order valence-electron chi connectivity index (χ2n) is 5.39. The zero-order valence-electron chi connectivity index (χ0n) is 12.6. The number of piperazine rings is 1. The fraction of sp³-hybridized carbons (Fsp3) is 0.333. The minimum atomic E-state index is 0.213. The van der Waals surface area contributed by atoms with Gasteiger partial charge in [0.05, 0.1) is 5.56 Å². The number of rotatable bonds is 4. The standard InChI is InChI=1S/C15H18BrN7/c16-13(17)12-14(18)20-10-21-15(12)23-7-5-22(6-8-23)9-11-1-3-19-4-2-11/h1-4,10,17H,5-9H2,(H2,18,20,21). The van der Waals surface area contributed by atoms with E-state index in [9.17, 15) is 0 Å². The molecule has 1 aliphatic heterocycles. The fourth-order valence-electron chi connectivity index (χ4n) is 2.70. The number of aromatic nitrogens is 3. The summed E-state index contributed by atoms with van der Waals surface area (Å²) in [6.45, 7) is 4.47. The Morgan fingerprint density at radius 2 is 1.87 bits per heavy atom. The minimum Gasteiger partial charge on any atom is -0.383 e. The quantitative estimate of drug-likeness (QED) is 0.786. The zero-order valence-corrected chi connectivity index (χ0v) is 14.2. The first-order valence-corrected chi connectivity index (χ1v) is 8.15. The van der Waals surface area contributed by atoms with Crippen molar-refractivity contribution >= 4 is 32.2 Å². The number of nitrogens with one attached hydrogen (secondary N) is 1. The smallest absolute Gasteiger partial charge is 0.144 e. The van der Waals surface area contributed by atoms with Gasteiger partial charge in [-0.05, 0) is 33.6 Å². The van der Waals surface area contributed by atoms with E-state index < -0.39 is 0 Å². The van der Waals surface area contributed by atoms with Crippen LogP contribution in [0.25, 0.3) is 0 Å². The van der Waals surface area contributed by atoms with E-state index in [0.717, 1.165) is 38.5 Å². The lowest BCUT2D eigenvalue weighted by Gasteiger charge is -2.36. The van der Waals surface area contributed by atoms with Gasteiger partial charge < -0.3 is 10.6 Å². The topological polar surface area (TPSA) is 95.0 Å². The van der Waals surface area contributed by atoms with Gasteiger partial charge in [-0.25, -0.2) is 9.97 Å². The normalized spacial score (nSPS) is 15.6. The van der Waals surface area contributed by atoms with Gasteiger partial charge in [-0.2, -0.15) is 0 Å².